The lowest BCUT2D eigenvalue weighted by molar-refractivity contribution is 0.00418. The van der Waals surface area contributed by atoms with Crippen LogP contribution in [0.15, 0.2) is 30.3 Å². The van der Waals surface area contributed by atoms with Crippen molar-refractivity contribution < 1.29 is 8.78 Å². The van der Waals surface area contributed by atoms with E-state index in [0.29, 0.717) is 5.56 Å². The Morgan fingerprint density at radius 1 is 1.17 bits per heavy atom. The summed E-state index contributed by atoms with van der Waals surface area (Å²) in [6, 6.07) is 8.72. The highest BCUT2D eigenvalue weighted by Crippen LogP contribution is 2.22. The van der Waals surface area contributed by atoms with Crippen molar-refractivity contribution in [2.45, 2.75) is 18.8 Å². The molecular weight excluding hydrogens is 158 g/mol. The Bertz CT molecular complexity index is 229. The monoisotopic (exact) mass is 169 g/mol. The topological polar surface area (TPSA) is 0 Å². The second-order valence-corrected chi connectivity index (χ2v) is 2.77. The summed E-state index contributed by atoms with van der Waals surface area (Å²) in [7, 11) is 0. The zero-order chi connectivity index (χ0) is 9.03. The molecule has 1 rings (SSSR count). The summed E-state index contributed by atoms with van der Waals surface area (Å²) in [6.45, 7) is 3.20. The van der Waals surface area contributed by atoms with Crippen LogP contribution in [-0.4, -0.2) is 5.92 Å². The van der Waals surface area contributed by atoms with Crippen LogP contribution in [0.3, 0.4) is 0 Å². The Hall–Kier alpha value is -0.920. The van der Waals surface area contributed by atoms with Crippen LogP contribution in [-0.2, 0) is 6.42 Å². The Balaban J connectivity index is 2.64. The Kier molecular flexibility index (Phi) is 2.79. The molecule has 0 saturated carbocycles. The Labute approximate surface area is 71.2 Å². The van der Waals surface area contributed by atoms with Crippen molar-refractivity contribution >= 4 is 0 Å². The molecular formula is C10H11F2. The molecule has 0 bridgehead atoms. The predicted molar refractivity (Wildman–Crippen MR) is 45.1 cm³/mol. The van der Waals surface area contributed by atoms with Crippen LogP contribution < -0.4 is 0 Å². The van der Waals surface area contributed by atoms with Gasteiger partial charge in [-0.3, -0.25) is 0 Å². The molecule has 2 heteroatoms. The first-order valence-electron chi connectivity index (χ1n) is 3.85. The first-order chi connectivity index (χ1) is 5.64. The SMILES string of the molecule is [CH2]CC(F)(F)Cc1ccccc1. The first kappa shape index (κ1) is 9.17. The van der Waals surface area contributed by atoms with Gasteiger partial charge in [-0.25, -0.2) is 8.78 Å². The van der Waals surface area contributed by atoms with E-state index in [1.165, 1.54) is 0 Å². The van der Waals surface area contributed by atoms with Crippen molar-refractivity contribution in [2.24, 2.45) is 0 Å². The van der Waals surface area contributed by atoms with Gasteiger partial charge < -0.3 is 0 Å². The summed E-state index contributed by atoms with van der Waals surface area (Å²) in [5.41, 5.74) is 0.658. The van der Waals surface area contributed by atoms with Crippen molar-refractivity contribution in [2.75, 3.05) is 0 Å². The van der Waals surface area contributed by atoms with E-state index in [9.17, 15) is 8.78 Å². The van der Waals surface area contributed by atoms with Crippen molar-refractivity contribution in [1.29, 1.82) is 0 Å². The maximum Gasteiger partial charge on any atom is 0.252 e. The van der Waals surface area contributed by atoms with E-state index in [0.717, 1.165) is 0 Å². The molecule has 0 spiro atoms. The molecule has 1 aromatic rings. The molecule has 0 aliphatic rings. The minimum Gasteiger partial charge on any atom is -0.207 e. The van der Waals surface area contributed by atoms with Gasteiger partial charge in [0.05, 0.1) is 0 Å². The van der Waals surface area contributed by atoms with Crippen molar-refractivity contribution in [3.63, 3.8) is 0 Å². The van der Waals surface area contributed by atoms with E-state index < -0.39 is 5.92 Å². The summed E-state index contributed by atoms with van der Waals surface area (Å²) in [6.07, 6.45) is -0.556. The number of rotatable bonds is 3. The van der Waals surface area contributed by atoms with Crippen molar-refractivity contribution in [3.8, 4) is 0 Å². The van der Waals surface area contributed by atoms with Gasteiger partial charge in [0, 0.05) is 12.8 Å². The number of hydrogen-bond acceptors (Lipinski definition) is 0. The number of hydrogen-bond donors (Lipinski definition) is 0. The third-order valence-corrected chi connectivity index (χ3v) is 1.67. The highest BCUT2D eigenvalue weighted by molar-refractivity contribution is 5.16. The molecule has 0 unspecified atom stereocenters. The van der Waals surface area contributed by atoms with Gasteiger partial charge in [-0.2, -0.15) is 0 Å². The maximum absolute atomic E-state index is 12.8. The molecule has 12 heavy (non-hydrogen) atoms. The molecule has 0 atom stereocenters. The number of alkyl halides is 2. The Morgan fingerprint density at radius 3 is 2.25 bits per heavy atom. The highest BCUT2D eigenvalue weighted by Gasteiger charge is 2.25. The zero-order valence-electron chi connectivity index (χ0n) is 6.76. The van der Waals surface area contributed by atoms with Gasteiger partial charge in [-0.05, 0) is 12.5 Å². The molecule has 65 valence electrons. The van der Waals surface area contributed by atoms with Crippen LogP contribution in [0, 0.1) is 6.92 Å². The van der Waals surface area contributed by atoms with Gasteiger partial charge in [0.25, 0.3) is 5.92 Å². The van der Waals surface area contributed by atoms with Gasteiger partial charge >= 0.3 is 0 Å². The molecule has 0 nitrogen and oxygen atoms in total. The molecule has 0 aliphatic carbocycles. The lowest BCUT2D eigenvalue weighted by Crippen LogP contribution is -2.17. The van der Waals surface area contributed by atoms with E-state index in [-0.39, 0.29) is 12.8 Å². The standard InChI is InChI=1S/C10H11F2/c1-2-10(11,12)8-9-6-4-3-5-7-9/h3-7H,1-2,8H2. The molecule has 1 radical (unpaired) electrons. The van der Waals surface area contributed by atoms with Gasteiger partial charge in [-0.15, -0.1) is 0 Å². The van der Waals surface area contributed by atoms with Gasteiger partial charge in [0.2, 0.25) is 0 Å². The second kappa shape index (κ2) is 3.65. The molecule has 0 fully saturated rings. The van der Waals surface area contributed by atoms with Crippen LogP contribution >= 0.6 is 0 Å². The largest absolute Gasteiger partial charge is 0.252 e. The van der Waals surface area contributed by atoms with E-state index in [2.05, 4.69) is 6.92 Å². The first-order valence-corrected chi connectivity index (χ1v) is 3.85. The average Bonchev–Trinajstić information content (AvgIpc) is 2.06. The van der Waals surface area contributed by atoms with E-state index in [4.69, 9.17) is 0 Å². The minimum absolute atomic E-state index is 0.211. The van der Waals surface area contributed by atoms with Crippen LogP contribution in [0.1, 0.15) is 12.0 Å². The summed E-state index contributed by atoms with van der Waals surface area (Å²) < 4.78 is 25.6. The second-order valence-electron chi connectivity index (χ2n) is 2.77. The van der Waals surface area contributed by atoms with E-state index in [1.54, 1.807) is 24.3 Å². The fourth-order valence-electron chi connectivity index (χ4n) is 0.983. The van der Waals surface area contributed by atoms with E-state index >= 15 is 0 Å². The van der Waals surface area contributed by atoms with Crippen LogP contribution in [0.4, 0.5) is 8.78 Å². The fourth-order valence-corrected chi connectivity index (χ4v) is 0.983. The lowest BCUT2D eigenvalue weighted by Gasteiger charge is -2.13. The molecule has 0 N–H and O–H groups in total. The summed E-state index contributed by atoms with van der Waals surface area (Å²) in [5.74, 6) is -2.67. The van der Waals surface area contributed by atoms with Gasteiger partial charge in [0.1, 0.15) is 0 Å². The molecule has 0 amide bonds. The quantitative estimate of drug-likeness (QED) is 0.652. The summed E-state index contributed by atoms with van der Waals surface area (Å²) >= 11 is 0. The molecule has 0 aromatic heterocycles. The molecule has 0 saturated heterocycles. The van der Waals surface area contributed by atoms with Gasteiger partial charge in [0.15, 0.2) is 0 Å². The third kappa shape index (κ3) is 2.61. The highest BCUT2D eigenvalue weighted by atomic mass is 19.3. The summed E-state index contributed by atoms with van der Waals surface area (Å²) in [4.78, 5) is 0. The van der Waals surface area contributed by atoms with Crippen LogP contribution in [0.25, 0.3) is 0 Å². The Morgan fingerprint density at radius 2 is 1.75 bits per heavy atom. The third-order valence-electron chi connectivity index (χ3n) is 1.67. The molecule has 1 aromatic carbocycles. The average molecular weight is 169 g/mol. The van der Waals surface area contributed by atoms with Crippen molar-refractivity contribution in [3.05, 3.63) is 42.8 Å². The minimum atomic E-state index is -2.67. The van der Waals surface area contributed by atoms with Crippen LogP contribution in [0.2, 0.25) is 0 Å². The fraction of sp³-hybridized carbons (Fsp3) is 0.300. The van der Waals surface area contributed by atoms with E-state index in [1.807, 2.05) is 6.07 Å². The lowest BCUT2D eigenvalue weighted by atomic mass is 10.1. The maximum atomic E-state index is 12.8. The molecule has 0 heterocycles. The van der Waals surface area contributed by atoms with Crippen molar-refractivity contribution in [1.82, 2.24) is 0 Å². The predicted octanol–water partition coefficient (Wildman–Crippen LogP) is 3.09. The number of benzene rings is 1. The normalized spacial score (nSPS) is 11.6. The number of halogens is 2. The van der Waals surface area contributed by atoms with Gasteiger partial charge in [-0.1, -0.05) is 30.3 Å². The smallest absolute Gasteiger partial charge is 0.207 e. The van der Waals surface area contributed by atoms with Crippen LogP contribution in [0.5, 0.6) is 0 Å². The summed E-state index contributed by atoms with van der Waals surface area (Å²) in [5, 5.41) is 0. The molecule has 0 aliphatic heterocycles. The zero-order valence-corrected chi connectivity index (χ0v) is 6.76.